The van der Waals surface area contributed by atoms with E-state index >= 15 is 0 Å². The first-order valence-electron chi connectivity index (χ1n) is 9.45. The molecule has 0 N–H and O–H groups in total. The predicted octanol–water partition coefficient (Wildman–Crippen LogP) is 5.78. The molecule has 1 unspecified atom stereocenters. The topological polar surface area (TPSA) is 42.4 Å². The van der Waals surface area contributed by atoms with Crippen LogP contribution in [0, 0.1) is 5.82 Å². The number of benzene rings is 2. The van der Waals surface area contributed by atoms with Gasteiger partial charge < -0.3 is 4.74 Å². The van der Waals surface area contributed by atoms with Crippen LogP contribution in [-0.2, 0) is 9.53 Å². The van der Waals surface area contributed by atoms with E-state index in [1.807, 2.05) is 24.3 Å². The molecule has 8 heteroatoms. The van der Waals surface area contributed by atoms with E-state index in [0.717, 1.165) is 29.0 Å². The molecule has 1 aliphatic rings. The van der Waals surface area contributed by atoms with Crippen molar-refractivity contribution in [1.29, 1.82) is 0 Å². The van der Waals surface area contributed by atoms with E-state index in [9.17, 15) is 9.18 Å². The van der Waals surface area contributed by atoms with Gasteiger partial charge in [-0.2, -0.15) is 0 Å². The quantitative estimate of drug-likeness (QED) is 0.428. The Balaban J connectivity index is 1.47. The van der Waals surface area contributed by atoms with Crippen LogP contribution < -0.4 is 4.90 Å². The number of ether oxygens (including phenoxy) is 1. The van der Waals surface area contributed by atoms with Crippen LogP contribution in [0.15, 0.2) is 47.4 Å². The summed E-state index contributed by atoms with van der Waals surface area (Å²) in [6.07, 6.45) is 2.34. The number of carbonyl (C=O) groups excluding carboxylic acids is 1. The summed E-state index contributed by atoms with van der Waals surface area (Å²) < 4.78 is 20.0. The molecule has 29 heavy (non-hydrogen) atoms. The minimum absolute atomic E-state index is 0.00138. The smallest absolute Gasteiger partial charge is 0.229 e. The molecule has 2 aromatic carbocycles. The van der Waals surface area contributed by atoms with Crippen molar-refractivity contribution in [2.24, 2.45) is 0 Å². The molecule has 2 heterocycles. The van der Waals surface area contributed by atoms with Crippen molar-refractivity contribution in [3.05, 3.63) is 53.3 Å². The van der Waals surface area contributed by atoms with E-state index in [0.29, 0.717) is 34.4 Å². The number of amides is 1. The number of thiazole rings is 1. The SMILES string of the molecule is O=C(CCSc1ccc(Cl)cc1)N(CC1CCCO1)c1nc2ccc(F)cc2s1. The van der Waals surface area contributed by atoms with Crippen LogP contribution in [0.2, 0.25) is 5.02 Å². The number of halogens is 2. The summed E-state index contributed by atoms with van der Waals surface area (Å²) in [7, 11) is 0. The van der Waals surface area contributed by atoms with Gasteiger partial charge in [-0.15, -0.1) is 11.8 Å². The van der Waals surface area contributed by atoms with Crippen LogP contribution in [0.25, 0.3) is 10.2 Å². The highest BCUT2D eigenvalue weighted by molar-refractivity contribution is 7.99. The van der Waals surface area contributed by atoms with Crippen molar-refractivity contribution in [2.45, 2.75) is 30.3 Å². The number of thioether (sulfide) groups is 1. The number of fused-ring (bicyclic) bond motifs is 1. The molecule has 0 spiro atoms. The molecule has 1 fully saturated rings. The average Bonchev–Trinajstić information content (AvgIpc) is 3.36. The van der Waals surface area contributed by atoms with Gasteiger partial charge in [0.1, 0.15) is 5.82 Å². The fraction of sp³-hybridized carbons (Fsp3) is 0.333. The first kappa shape index (κ1) is 20.6. The molecule has 1 aromatic heterocycles. The van der Waals surface area contributed by atoms with Gasteiger partial charge in [0.15, 0.2) is 5.13 Å². The molecule has 1 amide bonds. The van der Waals surface area contributed by atoms with Gasteiger partial charge in [-0.25, -0.2) is 9.37 Å². The first-order valence-corrected chi connectivity index (χ1v) is 11.6. The molecule has 1 aliphatic heterocycles. The fourth-order valence-corrected chi connectivity index (χ4v) is 5.19. The van der Waals surface area contributed by atoms with Crippen LogP contribution in [0.3, 0.4) is 0 Å². The van der Waals surface area contributed by atoms with Gasteiger partial charge in [-0.05, 0) is 55.3 Å². The van der Waals surface area contributed by atoms with Gasteiger partial charge in [0.2, 0.25) is 5.91 Å². The Bertz CT molecular complexity index is 990. The standard InChI is InChI=1S/C21H20ClFN2O2S2/c22-14-3-6-17(7-4-14)28-11-9-20(26)25(13-16-2-1-10-27-16)21-24-18-8-5-15(23)12-19(18)29-21/h3-8,12,16H,1-2,9-11,13H2. The molecule has 1 atom stereocenters. The number of hydrogen-bond donors (Lipinski definition) is 0. The predicted molar refractivity (Wildman–Crippen MR) is 118 cm³/mol. The molecule has 0 radical (unpaired) electrons. The zero-order valence-corrected chi connectivity index (χ0v) is 18.0. The zero-order valence-electron chi connectivity index (χ0n) is 15.6. The Kier molecular flexibility index (Phi) is 6.70. The molecule has 0 aliphatic carbocycles. The molecular weight excluding hydrogens is 431 g/mol. The third kappa shape index (κ3) is 5.28. The summed E-state index contributed by atoms with van der Waals surface area (Å²) in [4.78, 5) is 20.4. The highest BCUT2D eigenvalue weighted by Crippen LogP contribution is 2.31. The second kappa shape index (κ2) is 9.43. The van der Waals surface area contributed by atoms with E-state index < -0.39 is 0 Å². The average molecular weight is 451 g/mol. The van der Waals surface area contributed by atoms with E-state index in [4.69, 9.17) is 16.3 Å². The number of carbonyl (C=O) groups is 1. The lowest BCUT2D eigenvalue weighted by atomic mass is 10.2. The van der Waals surface area contributed by atoms with E-state index in [1.165, 1.54) is 23.5 Å². The van der Waals surface area contributed by atoms with E-state index in [1.54, 1.807) is 22.7 Å². The van der Waals surface area contributed by atoms with Crippen LogP contribution in [0.5, 0.6) is 0 Å². The molecule has 4 nitrogen and oxygen atoms in total. The summed E-state index contributed by atoms with van der Waals surface area (Å²) in [5, 5.41) is 1.29. The van der Waals surface area contributed by atoms with Crippen LogP contribution in [0.4, 0.5) is 9.52 Å². The van der Waals surface area contributed by atoms with Gasteiger partial charge in [0.25, 0.3) is 0 Å². The largest absolute Gasteiger partial charge is 0.376 e. The zero-order chi connectivity index (χ0) is 20.2. The second-order valence-electron chi connectivity index (χ2n) is 6.80. The van der Waals surface area contributed by atoms with Crippen molar-refractivity contribution in [3.8, 4) is 0 Å². The van der Waals surface area contributed by atoms with E-state index in [2.05, 4.69) is 4.98 Å². The maximum Gasteiger partial charge on any atom is 0.229 e. The number of nitrogens with zero attached hydrogens (tertiary/aromatic N) is 2. The Morgan fingerprint density at radius 1 is 1.31 bits per heavy atom. The normalized spacial score (nSPS) is 16.4. The lowest BCUT2D eigenvalue weighted by Gasteiger charge is -2.23. The Hall–Kier alpha value is -1.67. The second-order valence-corrected chi connectivity index (χ2v) is 9.41. The number of rotatable bonds is 7. The summed E-state index contributed by atoms with van der Waals surface area (Å²) >= 11 is 8.87. The Morgan fingerprint density at radius 3 is 2.90 bits per heavy atom. The molecule has 3 aromatic rings. The Morgan fingerprint density at radius 2 is 2.14 bits per heavy atom. The van der Waals surface area contributed by atoms with Crippen molar-refractivity contribution in [1.82, 2.24) is 4.98 Å². The third-order valence-corrected chi connectivity index (χ3v) is 6.99. The van der Waals surface area contributed by atoms with Gasteiger partial charge in [-0.1, -0.05) is 22.9 Å². The molecule has 1 saturated heterocycles. The molecule has 4 rings (SSSR count). The Labute approximate surface area is 182 Å². The lowest BCUT2D eigenvalue weighted by molar-refractivity contribution is -0.118. The van der Waals surface area contributed by atoms with Crippen LogP contribution in [-0.4, -0.2) is 35.9 Å². The third-order valence-electron chi connectivity index (χ3n) is 4.68. The van der Waals surface area contributed by atoms with Gasteiger partial charge in [-0.3, -0.25) is 9.69 Å². The molecule has 0 saturated carbocycles. The van der Waals surface area contributed by atoms with Crippen LogP contribution in [0.1, 0.15) is 19.3 Å². The molecular formula is C21H20ClFN2O2S2. The highest BCUT2D eigenvalue weighted by atomic mass is 35.5. The molecule has 0 bridgehead atoms. The minimum atomic E-state index is -0.302. The maximum absolute atomic E-state index is 13.6. The van der Waals surface area contributed by atoms with Crippen molar-refractivity contribution in [3.63, 3.8) is 0 Å². The summed E-state index contributed by atoms with van der Waals surface area (Å²) in [5.41, 5.74) is 0.701. The number of anilines is 1. The lowest BCUT2D eigenvalue weighted by Crippen LogP contribution is -2.37. The fourth-order valence-electron chi connectivity index (χ4n) is 3.20. The highest BCUT2D eigenvalue weighted by Gasteiger charge is 2.26. The molecule has 152 valence electrons. The summed E-state index contributed by atoms with van der Waals surface area (Å²) in [5.74, 6) is 0.354. The van der Waals surface area contributed by atoms with Crippen molar-refractivity contribution >= 4 is 56.0 Å². The maximum atomic E-state index is 13.6. The number of aromatic nitrogens is 1. The first-order chi connectivity index (χ1) is 14.1. The van der Waals surface area contributed by atoms with E-state index in [-0.39, 0.29) is 17.8 Å². The minimum Gasteiger partial charge on any atom is -0.376 e. The number of hydrogen-bond acceptors (Lipinski definition) is 5. The van der Waals surface area contributed by atoms with Crippen molar-refractivity contribution < 1.29 is 13.9 Å². The van der Waals surface area contributed by atoms with Gasteiger partial charge >= 0.3 is 0 Å². The van der Waals surface area contributed by atoms with Crippen molar-refractivity contribution in [2.75, 3.05) is 23.8 Å². The van der Waals surface area contributed by atoms with Gasteiger partial charge in [0, 0.05) is 28.7 Å². The monoisotopic (exact) mass is 450 g/mol. The summed E-state index contributed by atoms with van der Waals surface area (Å²) in [6.45, 7) is 1.21. The summed E-state index contributed by atoms with van der Waals surface area (Å²) in [6, 6.07) is 12.1. The van der Waals surface area contributed by atoms with Gasteiger partial charge in [0.05, 0.1) is 22.9 Å². The van der Waals surface area contributed by atoms with Crippen LogP contribution >= 0.6 is 34.7 Å².